The number of imidazole rings is 1. The number of aromatic nitrogens is 2. The zero-order valence-corrected chi connectivity index (χ0v) is 9.24. The molecule has 0 spiro atoms. The van der Waals surface area contributed by atoms with Crippen LogP contribution in [0.1, 0.15) is 38.9 Å². The van der Waals surface area contributed by atoms with Gasteiger partial charge in [0.05, 0.1) is 0 Å². The summed E-state index contributed by atoms with van der Waals surface area (Å²) in [5.41, 5.74) is 6.02. The molecule has 1 aromatic rings. The molecule has 0 saturated carbocycles. The second kappa shape index (κ2) is 5.81. The molecule has 0 amide bonds. The summed E-state index contributed by atoms with van der Waals surface area (Å²) < 4.78 is 2.16. The minimum absolute atomic E-state index is 0.266. The minimum atomic E-state index is 0.266. The van der Waals surface area contributed by atoms with E-state index in [0.29, 0.717) is 0 Å². The van der Waals surface area contributed by atoms with E-state index in [0.717, 1.165) is 25.2 Å². The number of nitrogens with zero attached hydrogens (tertiary/aromatic N) is 2. The van der Waals surface area contributed by atoms with Crippen LogP contribution in [0.3, 0.4) is 0 Å². The maximum atomic E-state index is 6.02. The van der Waals surface area contributed by atoms with Gasteiger partial charge in [-0.1, -0.05) is 19.8 Å². The maximum absolute atomic E-state index is 6.02. The molecule has 0 aromatic carbocycles. The van der Waals surface area contributed by atoms with Crippen molar-refractivity contribution in [2.45, 2.75) is 52.1 Å². The van der Waals surface area contributed by atoms with Gasteiger partial charge in [-0.2, -0.15) is 0 Å². The highest BCUT2D eigenvalue weighted by molar-refractivity contribution is 4.94. The van der Waals surface area contributed by atoms with Gasteiger partial charge in [0, 0.05) is 31.4 Å². The van der Waals surface area contributed by atoms with Crippen LogP contribution in [0.4, 0.5) is 0 Å². The van der Waals surface area contributed by atoms with E-state index in [9.17, 15) is 0 Å². The third-order valence-electron chi connectivity index (χ3n) is 2.52. The third-order valence-corrected chi connectivity index (χ3v) is 2.52. The van der Waals surface area contributed by atoms with Crippen LogP contribution < -0.4 is 5.73 Å². The summed E-state index contributed by atoms with van der Waals surface area (Å²) in [4.78, 5) is 4.32. The smallest absolute Gasteiger partial charge is 0.110 e. The Kier molecular flexibility index (Phi) is 4.66. The van der Waals surface area contributed by atoms with Gasteiger partial charge in [0.1, 0.15) is 5.82 Å². The van der Waals surface area contributed by atoms with Crippen molar-refractivity contribution in [3.63, 3.8) is 0 Å². The molecule has 2 N–H and O–H groups in total. The Bertz CT molecular complexity index is 255. The fourth-order valence-electron chi connectivity index (χ4n) is 1.62. The van der Waals surface area contributed by atoms with Crippen LogP contribution in [-0.4, -0.2) is 15.6 Å². The van der Waals surface area contributed by atoms with Gasteiger partial charge in [0.25, 0.3) is 0 Å². The van der Waals surface area contributed by atoms with E-state index >= 15 is 0 Å². The lowest BCUT2D eigenvalue weighted by Crippen LogP contribution is -2.24. The Morgan fingerprint density at radius 2 is 2.29 bits per heavy atom. The van der Waals surface area contributed by atoms with E-state index in [1.807, 2.05) is 12.4 Å². The van der Waals surface area contributed by atoms with Gasteiger partial charge in [0.15, 0.2) is 0 Å². The van der Waals surface area contributed by atoms with Crippen LogP contribution in [0.25, 0.3) is 0 Å². The third kappa shape index (κ3) is 3.14. The molecule has 1 aromatic heterocycles. The summed E-state index contributed by atoms with van der Waals surface area (Å²) in [5.74, 6) is 1.12. The average molecular weight is 195 g/mol. The van der Waals surface area contributed by atoms with E-state index < -0.39 is 0 Å². The van der Waals surface area contributed by atoms with Gasteiger partial charge in [-0.25, -0.2) is 4.98 Å². The van der Waals surface area contributed by atoms with Crippen LogP contribution in [-0.2, 0) is 13.0 Å². The topological polar surface area (TPSA) is 43.8 Å². The minimum Gasteiger partial charge on any atom is -0.335 e. The van der Waals surface area contributed by atoms with Crippen molar-refractivity contribution in [2.24, 2.45) is 5.73 Å². The molecule has 0 aliphatic carbocycles. The molecule has 0 saturated heterocycles. The second-order valence-electron chi connectivity index (χ2n) is 3.74. The number of rotatable bonds is 6. The van der Waals surface area contributed by atoms with Gasteiger partial charge < -0.3 is 10.3 Å². The first-order valence-electron chi connectivity index (χ1n) is 5.53. The van der Waals surface area contributed by atoms with Crippen LogP contribution in [0.2, 0.25) is 0 Å². The second-order valence-corrected chi connectivity index (χ2v) is 3.74. The Balaban J connectivity index is 2.42. The number of hydrogen-bond donors (Lipinski definition) is 1. The fraction of sp³-hybridized carbons (Fsp3) is 0.727. The van der Waals surface area contributed by atoms with Crippen LogP contribution >= 0.6 is 0 Å². The van der Waals surface area contributed by atoms with E-state index in [4.69, 9.17) is 5.73 Å². The number of unbranched alkanes of at least 4 members (excludes halogenated alkanes) is 1. The highest BCUT2D eigenvalue weighted by Crippen LogP contribution is 2.05. The molecule has 3 nitrogen and oxygen atoms in total. The fourth-order valence-corrected chi connectivity index (χ4v) is 1.62. The summed E-state index contributed by atoms with van der Waals surface area (Å²) >= 11 is 0. The molecule has 80 valence electrons. The van der Waals surface area contributed by atoms with Crippen molar-refractivity contribution in [2.75, 3.05) is 0 Å². The predicted octanol–water partition coefficient (Wildman–Crippen LogP) is 1.96. The highest BCUT2D eigenvalue weighted by Gasteiger charge is 2.07. The molecule has 0 radical (unpaired) electrons. The summed E-state index contributed by atoms with van der Waals surface area (Å²) in [5, 5.41) is 0. The molecule has 0 aliphatic rings. The Morgan fingerprint density at radius 1 is 1.50 bits per heavy atom. The molecule has 1 rings (SSSR count). The SMILES string of the molecule is CCCCC(N)Cc1nccn1CC. The van der Waals surface area contributed by atoms with Crippen molar-refractivity contribution < 1.29 is 0 Å². The van der Waals surface area contributed by atoms with E-state index in [-0.39, 0.29) is 6.04 Å². The van der Waals surface area contributed by atoms with Gasteiger partial charge >= 0.3 is 0 Å². The molecule has 3 heteroatoms. The number of hydrogen-bond acceptors (Lipinski definition) is 2. The standard InChI is InChI=1S/C11H21N3/c1-3-5-6-10(12)9-11-13-7-8-14(11)4-2/h7-8,10H,3-6,9,12H2,1-2H3. The lowest BCUT2D eigenvalue weighted by Gasteiger charge is -2.11. The van der Waals surface area contributed by atoms with E-state index in [1.165, 1.54) is 12.8 Å². The first kappa shape index (κ1) is 11.2. The number of nitrogens with two attached hydrogens (primary N) is 1. The van der Waals surface area contributed by atoms with Crippen LogP contribution in [0, 0.1) is 0 Å². The number of aryl methyl sites for hydroxylation is 1. The lowest BCUT2D eigenvalue weighted by molar-refractivity contribution is 0.545. The molecule has 0 fully saturated rings. The van der Waals surface area contributed by atoms with E-state index in [1.54, 1.807) is 0 Å². The van der Waals surface area contributed by atoms with Gasteiger partial charge in [-0.05, 0) is 13.3 Å². The summed E-state index contributed by atoms with van der Waals surface area (Å²) in [6, 6.07) is 0.266. The summed E-state index contributed by atoms with van der Waals surface area (Å²) in [6.45, 7) is 5.30. The van der Waals surface area contributed by atoms with Crippen molar-refractivity contribution in [1.82, 2.24) is 9.55 Å². The summed E-state index contributed by atoms with van der Waals surface area (Å²) in [6.07, 6.45) is 8.31. The van der Waals surface area contributed by atoms with E-state index in [2.05, 4.69) is 23.4 Å². The Hall–Kier alpha value is -0.830. The molecular formula is C11H21N3. The van der Waals surface area contributed by atoms with Crippen molar-refractivity contribution in [3.05, 3.63) is 18.2 Å². The van der Waals surface area contributed by atoms with Gasteiger partial charge in [-0.3, -0.25) is 0 Å². The van der Waals surface area contributed by atoms with Gasteiger partial charge in [0.2, 0.25) is 0 Å². The maximum Gasteiger partial charge on any atom is 0.110 e. The summed E-state index contributed by atoms with van der Waals surface area (Å²) in [7, 11) is 0. The van der Waals surface area contributed by atoms with Crippen molar-refractivity contribution in [1.29, 1.82) is 0 Å². The van der Waals surface area contributed by atoms with Crippen molar-refractivity contribution in [3.8, 4) is 0 Å². The quantitative estimate of drug-likeness (QED) is 0.754. The zero-order valence-electron chi connectivity index (χ0n) is 9.24. The molecule has 14 heavy (non-hydrogen) atoms. The average Bonchev–Trinajstić information content (AvgIpc) is 2.62. The van der Waals surface area contributed by atoms with Gasteiger partial charge in [-0.15, -0.1) is 0 Å². The molecule has 1 atom stereocenters. The first-order valence-corrected chi connectivity index (χ1v) is 5.53. The molecule has 0 aliphatic heterocycles. The lowest BCUT2D eigenvalue weighted by atomic mass is 10.1. The highest BCUT2D eigenvalue weighted by atomic mass is 15.1. The largest absolute Gasteiger partial charge is 0.335 e. The monoisotopic (exact) mass is 195 g/mol. The Morgan fingerprint density at radius 3 is 2.93 bits per heavy atom. The molecular weight excluding hydrogens is 174 g/mol. The normalized spacial score (nSPS) is 13.1. The van der Waals surface area contributed by atoms with Crippen LogP contribution in [0.15, 0.2) is 12.4 Å². The zero-order chi connectivity index (χ0) is 10.4. The molecule has 1 unspecified atom stereocenters. The van der Waals surface area contributed by atoms with Crippen LogP contribution in [0.5, 0.6) is 0 Å². The molecule has 1 heterocycles. The van der Waals surface area contributed by atoms with Crippen molar-refractivity contribution >= 4 is 0 Å². The first-order chi connectivity index (χ1) is 6.77. The Labute approximate surface area is 86.3 Å². The molecule has 0 bridgehead atoms. The predicted molar refractivity (Wildman–Crippen MR) is 59.1 cm³/mol.